The fourth-order valence-electron chi connectivity index (χ4n) is 4.71. The smallest absolute Gasteiger partial charge is 0.161 e. The van der Waals surface area contributed by atoms with Crippen molar-refractivity contribution in [1.29, 1.82) is 0 Å². The van der Waals surface area contributed by atoms with Crippen LogP contribution in [0.3, 0.4) is 0 Å². The molecule has 8 nitrogen and oxygen atoms in total. The van der Waals surface area contributed by atoms with Gasteiger partial charge in [-0.3, -0.25) is 9.98 Å². The van der Waals surface area contributed by atoms with E-state index >= 15 is 0 Å². The number of rotatable bonds is 13. The molecule has 2 aliphatic heterocycles. The molecule has 226 valence electrons. The van der Waals surface area contributed by atoms with Gasteiger partial charge >= 0.3 is 0 Å². The van der Waals surface area contributed by atoms with Gasteiger partial charge in [0, 0.05) is 12.4 Å². The normalized spacial score (nSPS) is 17.2. The molecule has 2 heterocycles. The standard InChI is InChI=1S/C36H36N2O6/c1-23-13-27(7-9-31(23)37-17-25-5-11-33(35(15-25)39-3)43-21-29-19-41-29)28-8-10-32(24(2)14-28)38-18-26-6-12-34(36(16-26)40-4)44-22-30-20-42-30/h5-18,29-30H,19-22H2,1-4H3. The van der Waals surface area contributed by atoms with Gasteiger partial charge in [-0.25, -0.2) is 0 Å². The first kappa shape index (κ1) is 29.4. The van der Waals surface area contributed by atoms with E-state index in [0.717, 1.165) is 58.0 Å². The number of hydrogen-bond acceptors (Lipinski definition) is 8. The Morgan fingerprint density at radius 2 is 1.05 bits per heavy atom. The molecule has 8 heteroatoms. The Hall–Kier alpha value is -4.66. The van der Waals surface area contributed by atoms with Gasteiger partial charge in [0.25, 0.3) is 0 Å². The van der Waals surface area contributed by atoms with Gasteiger partial charge in [-0.15, -0.1) is 0 Å². The van der Waals surface area contributed by atoms with Gasteiger partial charge in [0.1, 0.15) is 25.4 Å². The number of ether oxygens (including phenoxy) is 6. The lowest BCUT2D eigenvalue weighted by molar-refractivity contribution is 0.252. The molecule has 2 aliphatic rings. The third-order valence-corrected chi connectivity index (χ3v) is 7.46. The van der Waals surface area contributed by atoms with Crippen LogP contribution in [0.15, 0.2) is 82.8 Å². The SMILES string of the molecule is COc1cc(C=Nc2ccc(-c3ccc(N=Cc4ccc(OCC5CO5)c(OC)c4)c(C)c3)cc2C)ccc1OCC1CO1. The maximum atomic E-state index is 5.81. The third kappa shape index (κ3) is 7.45. The van der Waals surface area contributed by atoms with Crippen LogP contribution in [0.4, 0.5) is 11.4 Å². The van der Waals surface area contributed by atoms with Gasteiger partial charge in [-0.2, -0.15) is 0 Å². The highest BCUT2D eigenvalue weighted by Crippen LogP contribution is 2.32. The number of benzene rings is 4. The van der Waals surface area contributed by atoms with E-state index in [2.05, 4.69) is 38.1 Å². The van der Waals surface area contributed by atoms with Crippen LogP contribution in [-0.2, 0) is 9.47 Å². The van der Waals surface area contributed by atoms with Crippen molar-refractivity contribution in [3.05, 3.63) is 95.1 Å². The van der Waals surface area contributed by atoms with Crippen molar-refractivity contribution in [3.63, 3.8) is 0 Å². The molecule has 4 aromatic carbocycles. The Labute approximate surface area is 257 Å². The van der Waals surface area contributed by atoms with Crippen LogP contribution in [0.25, 0.3) is 11.1 Å². The summed E-state index contributed by atoms with van der Waals surface area (Å²) in [7, 11) is 3.28. The monoisotopic (exact) mass is 592 g/mol. The molecule has 0 radical (unpaired) electrons. The second kappa shape index (κ2) is 13.3. The Bertz CT molecular complexity index is 1570. The number of methoxy groups -OCH3 is 2. The maximum absolute atomic E-state index is 5.81. The van der Waals surface area contributed by atoms with Crippen LogP contribution in [0.1, 0.15) is 22.3 Å². The molecule has 0 saturated carbocycles. The lowest BCUT2D eigenvalue weighted by Gasteiger charge is -2.11. The topological polar surface area (TPSA) is 86.7 Å². The summed E-state index contributed by atoms with van der Waals surface area (Å²) < 4.78 is 33.1. The van der Waals surface area contributed by atoms with E-state index in [4.69, 9.17) is 38.4 Å². The fourth-order valence-corrected chi connectivity index (χ4v) is 4.71. The van der Waals surface area contributed by atoms with E-state index in [0.29, 0.717) is 36.2 Å². The van der Waals surface area contributed by atoms with E-state index in [-0.39, 0.29) is 12.2 Å². The summed E-state index contributed by atoms with van der Waals surface area (Å²) in [5.41, 5.74) is 8.09. The molecule has 2 unspecified atom stereocenters. The second-order valence-electron chi connectivity index (χ2n) is 10.9. The van der Waals surface area contributed by atoms with E-state index < -0.39 is 0 Å². The quantitative estimate of drug-likeness (QED) is 0.122. The molecule has 2 atom stereocenters. The molecule has 0 N–H and O–H groups in total. The van der Waals surface area contributed by atoms with Gasteiger partial charge in [-0.1, -0.05) is 12.1 Å². The van der Waals surface area contributed by atoms with Crippen molar-refractivity contribution in [2.75, 3.05) is 40.6 Å². The summed E-state index contributed by atoms with van der Waals surface area (Å²) in [5.74, 6) is 2.75. The number of aliphatic imine (C=N–C) groups is 2. The van der Waals surface area contributed by atoms with E-state index in [1.54, 1.807) is 14.2 Å². The molecule has 0 amide bonds. The highest BCUT2D eigenvalue weighted by atomic mass is 16.6. The summed E-state index contributed by atoms with van der Waals surface area (Å²) >= 11 is 0. The third-order valence-electron chi connectivity index (χ3n) is 7.46. The van der Waals surface area contributed by atoms with Crippen molar-refractivity contribution < 1.29 is 28.4 Å². The lowest BCUT2D eigenvalue weighted by Crippen LogP contribution is -2.05. The minimum atomic E-state index is 0.190. The van der Waals surface area contributed by atoms with Crippen molar-refractivity contribution >= 4 is 23.8 Å². The minimum absolute atomic E-state index is 0.190. The van der Waals surface area contributed by atoms with Crippen molar-refractivity contribution in [2.45, 2.75) is 26.1 Å². The van der Waals surface area contributed by atoms with Gasteiger partial charge < -0.3 is 28.4 Å². The molecule has 6 rings (SSSR count). The predicted octanol–water partition coefficient (Wildman–Crippen LogP) is 7.04. The predicted molar refractivity (Wildman–Crippen MR) is 172 cm³/mol. The largest absolute Gasteiger partial charge is 0.493 e. The molecule has 44 heavy (non-hydrogen) atoms. The Balaban J connectivity index is 1.11. The van der Waals surface area contributed by atoms with Gasteiger partial charge in [0.2, 0.25) is 0 Å². The Morgan fingerprint density at radius 3 is 1.41 bits per heavy atom. The average molecular weight is 593 g/mol. The van der Waals surface area contributed by atoms with Gasteiger partial charge in [0.05, 0.1) is 38.8 Å². The summed E-state index contributed by atoms with van der Waals surface area (Å²) in [6.45, 7) is 6.72. The Morgan fingerprint density at radius 1 is 0.614 bits per heavy atom. The van der Waals surface area contributed by atoms with Gasteiger partial charge in [0.15, 0.2) is 23.0 Å². The van der Waals surface area contributed by atoms with Crippen LogP contribution in [-0.4, -0.2) is 65.3 Å². The van der Waals surface area contributed by atoms with E-state index in [1.165, 1.54) is 0 Å². The average Bonchev–Trinajstić information content (AvgIpc) is 3.98. The van der Waals surface area contributed by atoms with Crippen molar-refractivity contribution in [3.8, 4) is 34.1 Å². The van der Waals surface area contributed by atoms with Crippen LogP contribution < -0.4 is 18.9 Å². The zero-order valence-electron chi connectivity index (χ0n) is 25.4. The summed E-state index contributed by atoms with van der Waals surface area (Å²) in [5, 5.41) is 0. The molecule has 4 aromatic rings. The maximum Gasteiger partial charge on any atom is 0.161 e. The van der Waals surface area contributed by atoms with E-state index in [9.17, 15) is 0 Å². The molecular formula is C36H36N2O6. The van der Waals surface area contributed by atoms with Gasteiger partial charge in [-0.05, 0) is 108 Å². The molecule has 2 fully saturated rings. The number of aryl methyl sites for hydroxylation is 2. The first-order valence-electron chi connectivity index (χ1n) is 14.6. The fraction of sp³-hybridized carbons (Fsp3) is 0.278. The Kier molecular flexibility index (Phi) is 8.91. The first-order chi connectivity index (χ1) is 21.5. The summed E-state index contributed by atoms with van der Waals surface area (Å²) in [6, 6.07) is 24.2. The van der Waals surface area contributed by atoms with Crippen molar-refractivity contribution in [1.82, 2.24) is 0 Å². The van der Waals surface area contributed by atoms with Crippen LogP contribution >= 0.6 is 0 Å². The molecule has 0 spiro atoms. The lowest BCUT2D eigenvalue weighted by atomic mass is 10.00. The molecular weight excluding hydrogens is 556 g/mol. The minimum Gasteiger partial charge on any atom is -0.493 e. The molecule has 0 bridgehead atoms. The summed E-state index contributed by atoms with van der Waals surface area (Å²) in [4.78, 5) is 9.48. The number of nitrogens with zero attached hydrogens (tertiary/aromatic N) is 2. The van der Waals surface area contributed by atoms with E-state index in [1.807, 2.05) is 61.0 Å². The highest BCUT2D eigenvalue weighted by Gasteiger charge is 2.24. The molecule has 0 aromatic heterocycles. The number of hydrogen-bond donors (Lipinski definition) is 0. The zero-order valence-corrected chi connectivity index (χ0v) is 25.4. The first-order valence-corrected chi connectivity index (χ1v) is 14.6. The summed E-state index contributed by atoms with van der Waals surface area (Å²) in [6.07, 6.45) is 4.06. The zero-order chi connectivity index (χ0) is 30.5. The molecule has 0 aliphatic carbocycles. The van der Waals surface area contributed by atoms with Crippen LogP contribution in [0.5, 0.6) is 23.0 Å². The number of epoxide rings is 2. The molecule has 2 saturated heterocycles. The van der Waals surface area contributed by atoms with Crippen molar-refractivity contribution in [2.24, 2.45) is 9.98 Å². The van der Waals surface area contributed by atoms with Crippen LogP contribution in [0.2, 0.25) is 0 Å². The second-order valence-corrected chi connectivity index (χ2v) is 10.9. The highest BCUT2D eigenvalue weighted by molar-refractivity contribution is 5.85. The van der Waals surface area contributed by atoms with Crippen LogP contribution in [0, 0.1) is 13.8 Å².